The monoisotopic (exact) mass is 226 g/mol. The SMILES string of the molecule is CC(=O)CCCNCCC1CCN(C)CC1. The predicted octanol–water partition coefficient (Wildman–Crippen LogP) is 1.68. The third kappa shape index (κ3) is 6.23. The molecule has 0 atom stereocenters. The minimum Gasteiger partial charge on any atom is -0.317 e. The Balaban J connectivity index is 1.89. The second kappa shape index (κ2) is 7.80. The molecule has 1 N–H and O–H groups in total. The Hall–Kier alpha value is -0.410. The van der Waals surface area contributed by atoms with E-state index < -0.39 is 0 Å². The average molecular weight is 226 g/mol. The van der Waals surface area contributed by atoms with Crippen LogP contribution in [0.4, 0.5) is 0 Å². The molecule has 0 aromatic carbocycles. The van der Waals surface area contributed by atoms with Gasteiger partial charge in [0.2, 0.25) is 0 Å². The van der Waals surface area contributed by atoms with Gasteiger partial charge in [-0.05, 0) is 71.8 Å². The van der Waals surface area contributed by atoms with Gasteiger partial charge in [-0.3, -0.25) is 0 Å². The maximum absolute atomic E-state index is 10.7. The number of piperidine rings is 1. The predicted molar refractivity (Wildman–Crippen MR) is 67.6 cm³/mol. The Bertz CT molecular complexity index is 198. The first-order chi connectivity index (χ1) is 7.68. The molecule has 0 spiro atoms. The molecule has 1 aliphatic heterocycles. The number of hydrogen-bond acceptors (Lipinski definition) is 3. The van der Waals surface area contributed by atoms with Crippen molar-refractivity contribution in [2.75, 3.05) is 33.2 Å². The molecule has 94 valence electrons. The fraction of sp³-hybridized carbons (Fsp3) is 0.923. The van der Waals surface area contributed by atoms with Gasteiger partial charge in [0, 0.05) is 6.42 Å². The van der Waals surface area contributed by atoms with Gasteiger partial charge in [-0.15, -0.1) is 0 Å². The van der Waals surface area contributed by atoms with Crippen LogP contribution in [0.3, 0.4) is 0 Å². The van der Waals surface area contributed by atoms with Gasteiger partial charge in [0.05, 0.1) is 0 Å². The molecule has 1 aliphatic rings. The number of nitrogens with one attached hydrogen (secondary N) is 1. The van der Waals surface area contributed by atoms with E-state index in [1.807, 2.05) is 0 Å². The van der Waals surface area contributed by atoms with Crippen LogP contribution in [0.1, 0.15) is 39.0 Å². The molecule has 0 aliphatic carbocycles. The van der Waals surface area contributed by atoms with E-state index in [-0.39, 0.29) is 0 Å². The molecule has 0 radical (unpaired) electrons. The first kappa shape index (κ1) is 13.7. The lowest BCUT2D eigenvalue weighted by Gasteiger charge is -2.28. The number of likely N-dealkylation sites (tertiary alicyclic amines) is 1. The Morgan fingerprint density at radius 2 is 2.00 bits per heavy atom. The van der Waals surface area contributed by atoms with Crippen LogP contribution in [0.15, 0.2) is 0 Å². The highest BCUT2D eigenvalue weighted by atomic mass is 16.1. The molecule has 1 rings (SSSR count). The van der Waals surface area contributed by atoms with Gasteiger partial charge in [0.1, 0.15) is 5.78 Å². The van der Waals surface area contributed by atoms with Crippen molar-refractivity contribution >= 4 is 5.78 Å². The van der Waals surface area contributed by atoms with Crippen LogP contribution in [-0.4, -0.2) is 43.9 Å². The van der Waals surface area contributed by atoms with Gasteiger partial charge in [-0.1, -0.05) is 0 Å². The van der Waals surface area contributed by atoms with Crippen molar-refractivity contribution in [2.24, 2.45) is 5.92 Å². The lowest BCUT2D eigenvalue weighted by molar-refractivity contribution is -0.117. The third-order valence-electron chi connectivity index (χ3n) is 3.45. The lowest BCUT2D eigenvalue weighted by atomic mass is 9.94. The van der Waals surface area contributed by atoms with Gasteiger partial charge in [0.25, 0.3) is 0 Å². The van der Waals surface area contributed by atoms with Crippen molar-refractivity contribution in [1.29, 1.82) is 0 Å². The minimum atomic E-state index is 0.303. The summed E-state index contributed by atoms with van der Waals surface area (Å²) in [5, 5.41) is 3.43. The van der Waals surface area contributed by atoms with Crippen LogP contribution in [0.25, 0.3) is 0 Å². The molecular weight excluding hydrogens is 200 g/mol. The number of hydrogen-bond donors (Lipinski definition) is 1. The second-order valence-corrected chi connectivity index (χ2v) is 5.09. The normalized spacial score (nSPS) is 18.9. The van der Waals surface area contributed by atoms with Crippen molar-refractivity contribution < 1.29 is 4.79 Å². The zero-order valence-corrected chi connectivity index (χ0v) is 10.8. The summed E-state index contributed by atoms with van der Waals surface area (Å²) < 4.78 is 0. The summed E-state index contributed by atoms with van der Waals surface area (Å²) in [6.07, 6.45) is 5.72. The van der Waals surface area contributed by atoms with Crippen LogP contribution in [0, 0.1) is 5.92 Å². The van der Waals surface area contributed by atoms with Gasteiger partial charge in [-0.2, -0.15) is 0 Å². The number of nitrogens with zero attached hydrogens (tertiary/aromatic N) is 1. The van der Waals surface area contributed by atoms with Crippen molar-refractivity contribution in [3.8, 4) is 0 Å². The first-order valence-corrected chi connectivity index (χ1v) is 6.57. The second-order valence-electron chi connectivity index (χ2n) is 5.09. The van der Waals surface area contributed by atoms with Crippen LogP contribution >= 0.6 is 0 Å². The topological polar surface area (TPSA) is 32.3 Å². The van der Waals surface area contributed by atoms with Gasteiger partial charge in [0.15, 0.2) is 0 Å². The zero-order chi connectivity index (χ0) is 11.8. The van der Waals surface area contributed by atoms with Gasteiger partial charge in [-0.25, -0.2) is 0 Å². The number of ketones is 1. The molecule has 0 aromatic heterocycles. The van der Waals surface area contributed by atoms with Crippen molar-refractivity contribution in [3.63, 3.8) is 0 Å². The first-order valence-electron chi connectivity index (χ1n) is 6.57. The van der Waals surface area contributed by atoms with Crippen LogP contribution in [-0.2, 0) is 4.79 Å². The highest BCUT2D eigenvalue weighted by Gasteiger charge is 2.15. The summed E-state index contributed by atoms with van der Waals surface area (Å²) in [7, 11) is 2.20. The maximum atomic E-state index is 10.7. The molecule has 0 bridgehead atoms. The summed E-state index contributed by atoms with van der Waals surface area (Å²) in [6.45, 7) is 6.29. The molecule has 0 aromatic rings. The average Bonchev–Trinajstić information content (AvgIpc) is 2.25. The molecule has 3 nitrogen and oxygen atoms in total. The summed E-state index contributed by atoms with van der Waals surface area (Å²) >= 11 is 0. The lowest BCUT2D eigenvalue weighted by Crippen LogP contribution is -2.31. The Morgan fingerprint density at radius 1 is 1.31 bits per heavy atom. The van der Waals surface area contributed by atoms with E-state index in [1.54, 1.807) is 6.92 Å². The van der Waals surface area contributed by atoms with Crippen LogP contribution in [0.5, 0.6) is 0 Å². The molecule has 0 amide bonds. The zero-order valence-electron chi connectivity index (χ0n) is 10.8. The van der Waals surface area contributed by atoms with Crippen molar-refractivity contribution in [2.45, 2.75) is 39.0 Å². The number of carbonyl (C=O) groups excluding carboxylic acids is 1. The van der Waals surface area contributed by atoms with Gasteiger partial charge >= 0.3 is 0 Å². The van der Waals surface area contributed by atoms with Crippen molar-refractivity contribution in [1.82, 2.24) is 10.2 Å². The highest BCUT2D eigenvalue weighted by Crippen LogP contribution is 2.18. The minimum absolute atomic E-state index is 0.303. The fourth-order valence-corrected chi connectivity index (χ4v) is 2.24. The smallest absolute Gasteiger partial charge is 0.129 e. The van der Waals surface area contributed by atoms with Crippen LogP contribution < -0.4 is 5.32 Å². The molecule has 1 heterocycles. The summed E-state index contributed by atoms with van der Waals surface area (Å²) in [6, 6.07) is 0. The number of carbonyl (C=O) groups is 1. The van der Waals surface area contributed by atoms with Crippen molar-refractivity contribution in [3.05, 3.63) is 0 Å². The molecule has 3 heteroatoms. The van der Waals surface area contributed by atoms with Gasteiger partial charge < -0.3 is 15.0 Å². The standard InChI is InChI=1S/C13H26N2O/c1-12(16)4-3-8-14-9-5-13-6-10-15(2)11-7-13/h13-14H,3-11H2,1-2H3. The summed E-state index contributed by atoms with van der Waals surface area (Å²) in [4.78, 5) is 13.1. The third-order valence-corrected chi connectivity index (χ3v) is 3.45. The van der Waals surface area contributed by atoms with E-state index in [0.29, 0.717) is 5.78 Å². The van der Waals surface area contributed by atoms with Crippen LogP contribution in [0.2, 0.25) is 0 Å². The Kier molecular flexibility index (Phi) is 6.65. The molecular formula is C13H26N2O. The molecule has 0 saturated carbocycles. The van der Waals surface area contributed by atoms with E-state index in [4.69, 9.17) is 0 Å². The Morgan fingerprint density at radius 3 is 2.62 bits per heavy atom. The van der Waals surface area contributed by atoms with E-state index >= 15 is 0 Å². The molecule has 0 unspecified atom stereocenters. The van der Waals surface area contributed by atoms with E-state index in [0.717, 1.165) is 31.8 Å². The maximum Gasteiger partial charge on any atom is 0.129 e. The number of rotatable bonds is 7. The number of Topliss-reactive ketones (excluding diaryl/α,β-unsaturated/α-hetero) is 1. The highest BCUT2D eigenvalue weighted by molar-refractivity contribution is 5.75. The Labute approximate surface area is 99.6 Å². The summed E-state index contributed by atoms with van der Waals surface area (Å²) in [5.74, 6) is 1.22. The van der Waals surface area contributed by atoms with E-state index in [2.05, 4.69) is 17.3 Å². The molecule has 1 saturated heterocycles. The molecule has 1 fully saturated rings. The van der Waals surface area contributed by atoms with E-state index in [1.165, 1.54) is 32.4 Å². The quantitative estimate of drug-likeness (QED) is 0.670. The molecule has 16 heavy (non-hydrogen) atoms. The largest absolute Gasteiger partial charge is 0.317 e. The fourth-order valence-electron chi connectivity index (χ4n) is 2.24. The van der Waals surface area contributed by atoms with E-state index in [9.17, 15) is 4.79 Å². The summed E-state index contributed by atoms with van der Waals surface area (Å²) in [5.41, 5.74) is 0.